The van der Waals surface area contributed by atoms with E-state index in [0.29, 0.717) is 17.5 Å². The molecule has 0 heterocycles. The van der Waals surface area contributed by atoms with E-state index in [2.05, 4.69) is 5.32 Å². The van der Waals surface area contributed by atoms with Crippen molar-refractivity contribution in [3.05, 3.63) is 70.7 Å². The molecule has 1 fully saturated rings. The summed E-state index contributed by atoms with van der Waals surface area (Å²) < 4.78 is 0. The van der Waals surface area contributed by atoms with Crippen molar-refractivity contribution in [2.75, 3.05) is 6.54 Å². The highest BCUT2D eigenvalue weighted by molar-refractivity contribution is 6.30. The van der Waals surface area contributed by atoms with E-state index in [1.54, 1.807) is 0 Å². The first-order valence-electron chi connectivity index (χ1n) is 8.50. The Kier molecular flexibility index (Phi) is 7.30. The van der Waals surface area contributed by atoms with Gasteiger partial charge in [0.1, 0.15) is 0 Å². The molecule has 0 radical (unpaired) electrons. The van der Waals surface area contributed by atoms with Gasteiger partial charge >= 0.3 is 0 Å². The van der Waals surface area contributed by atoms with Crippen LogP contribution in [0.2, 0.25) is 5.02 Å². The van der Waals surface area contributed by atoms with E-state index in [1.807, 2.05) is 54.6 Å². The molecule has 0 bridgehead atoms. The Morgan fingerprint density at radius 3 is 2.52 bits per heavy atom. The predicted octanol–water partition coefficient (Wildman–Crippen LogP) is 4.34. The maximum Gasteiger partial charge on any atom is 0.224 e. The first-order chi connectivity index (χ1) is 11.7. The minimum atomic E-state index is -0.198. The third kappa shape index (κ3) is 4.75. The molecule has 3 nitrogen and oxygen atoms in total. The monoisotopic (exact) mass is 378 g/mol. The number of carbonyl (C=O) groups is 1. The first kappa shape index (κ1) is 19.8. The van der Waals surface area contributed by atoms with Crippen LogP contribution in [0.3, 0.4) is 0 Å². The maximum absolute atomic E-state index is 12.9. The summed E-state index contributed by atoms with van der Waals surface area (Å²) in [5.41, 5.74) is 7.88. The molecule has 1 saturated carbocycles. The van der Waals surface area contributed by atoms with Crippen LogP contribution >= 0.6 is 24.0 Å². The van der Waals surface area contributed by atoms with E-state index in [9.17, 15) is 4.79 Å². The van der Waals surface area contributed by atoms with E-state index in [0.717, 1.165) is 30.4 Å². The number of carbonyl (C=O) groups excluding carboxylic acids is 1. The fraction of sp³-hybridized carbons (Fsp3) is 0.350. The number of amides is 1. The van der Waals surface area contributed by atoms with Crippen molar-refractivity contribution < 1.29 is 4.79 Å². The van der Waals surface area contributed by atoms with Crippen LogP contribution in [0.5, 0.6) is 0 Å². The minimum absolute atomic E-state index is 0. The summed E-state index contributed by atoms with van der Waals surface area (Å²) in [4.78, 5) is 12.9. The fourth-order valence-electron chi connectivity index (χ4n) is 3.60. The predicted molar refractivity (Wildman–Crippen MR) is 105 cm³/mol. The van der Waals surface area contributed by atoms with E-state index >= 15 is 0 Å². The largest absolute Gasteiger partial charge is 0.345 e. The van der Waals surface area contributed by atoms with Crippen LogP contribution in [0.4, 0.5) is 0 Å². The van der Waals surface area contributed by atoms with E-state index in [4.69, 9.17) is 17.3 Å². The van der Waals surface area contributed by atoms with Gasteiger partial charge < -0.3 is 11.1 Å². The molecule has 134 valence electrons. The summed E-state index contributed by atoms with van der Waals surface area (Å²) in [5, 5.41) is 3.90. The third-order valence-electron chi connectivity index (χ3n) is 4.90. The second kappa shape index (κ2) is 9.23. The van der Waals surface area contributed by atoms with Gasteiger partial charge in [0.05, 0.1) is 6.04 Å². The summed E-state index contributed by atoms with van der Waals surface area (Å²) in [6.45, 7) is 0.575. The molecule has 1 aliphatic carbocycles. The topological polar surface area (TPSA) is 55.1 Å². The van der Waals surface area contributed by atoms with Crippen LogP contribution in [0, 0.1) is 11.8 Å². The average molecular weight is 379 g/mol. The Hall–Kier alpha value is -1.55. The average Bonchev–Trinajstić information content (AvgIpc) is 3.09. The Balaban J connectivity index is 0.00000225. The number of hydrogen-bond acceptors (Lipinski definition) is 2. The molecular weight excluding hydrogens is 355 g/mol. The Morgan fingerprint density at radius 1 is 1.12 bits per heavy atom. The summed E-state index contributed by atoms with van der Waals surface area (Å²) in [6.07, 6.45) is 3.04. The summed E-state index contributed by atoms with van der Waals surface area (Å²) in [7, 11) is 0. The second-order valence-electron chi connectivity index (χ2n) is 6.44. The lowest BCUT2D eigenvalue weighted by Gasteiger charge is -2.24. The third-order valence-corrected chi connectivity index (χ3v) is 5.14. The molecular formula is C20H24Cl2N2O. The number of rotatable bonds is 5. The van der Waals surface area contributed by atoms with Gasteiger partial charge in [-0.15, -0.1) is 12.4 Å². The number of hydrogen-bond donors (Lipinski definition) is 2. The van der Waals surface area contributed by atoms with Crippen LogP contribution in [0.25, 0.3) is 0 Å². The zero-order valence-corrected chi connectivity index (χ0v) is 15.6. The molecule has 1 aliphatic rings. The SMILES string of the molecule is Cl.NC[C@H]1CCC[C@H]1C(=O)NC(c1ccccc1)c1cccc(Cl)c1. The molecule has 2 aromatic carbocycles. The lowest BCUT2D eigenvalue weighted by Crippen LogP contribution is -2.37. The van der Waals surface area contributed by atoms with Crippen LogP contribution in [-0.4, -0.2) is 12.5 Å². The second-order valence-corrected chi connectivity index (χ2v) is 6.88. The van der Waals surface area contributed by atoms with Crippen molar-refractivity contribution in [3.63, 3.8) is 0 Å². The zero-order valence-electron chi connectivity index (χ0n) is 14.0. The fourth-order valence-corrected chi connectivity index (χ4v) is 3.80. The number of nitrogens with two attached hydrogens (primary N) is 1. The quantitative estimate of drug-likeness (QED) is 0.812. The van der Waals surface area contributed by atoms with Crippen molar-refractivity contribution in [1.82, 2.24) is 5.32 Å². The molecule has 3 atom stereocenters. The molecule has 2 aromatic rings. The van der Waals surface area contributed by atoms with E-state index < -0.39 is 0 Å². The smallest absolute Gasteiger partial charge is 0.224 e. The number of benzene rings is 2. The van der Waals surface area contributed by atoms with Gasteiger partial charge in [-0.05, 0) is 48.6 Å². The molecule has 25 heavy (non-hydrogen) atoms. The lowest BCUT2D eigenvalue weighted by molar-refractivity contribution is -0.126. The molecule has 0 spiro atoms. The highest BCUT2D eigenvalue weighted by Crippen LogP contribution is 2.32. The molecule has 5 heteroatoms. The summed E-state index contributed by atoms with van der Waals surface area (Å²) >= 11 is 6.16. The van der Waals surface area contributed by atoms with Crippen molar-refractivity contribution in [3.8, 4) is 0 Å². The van der Waals surface area contributed by atoms with E-state index in [1.165, 1.54) is 0 Å². The van der Waals surface area contributed by atoms with Crippen molar-refractivity contribution in [1.29, 1.82) is 0 Å². The van der Waals surface area contributed by atoms with Gasteiger partial charge in [-0.2, -0.15) is 0 Å². The normalized spacial score (nSPS) is 20.6. The van der Waals surface area contributed by atoms with Gasteiger partial charge in [-0.25, -0.2) is 0 Å². The molecule has 3 N–H and O–H groups in total. The van der Waals surface area contributed by atoms with Gasteiger partial charge in [0.25, 0.3) is 0 Å². The standard InChI is InChI=1S/C20H23ClN2O.ClH/c21-17-10-4-8-15(12-17)19(14-6-2-1-3-7-14)23-20(24)18-11-5-9-16(18)13-22;/h1-4,6-8,10,12,16,18-19H,5,9,11,13,22H2,(H,23,24);1H/t16-,18-,19?;/m1./s1. The number of halogens is 2. The van der Waals surface area contributed by atoms with Gasteiger partial charge in [0.15, 0.2) is 0 Å². The molecule has 0 aliphatic heterocycles. The van der Waals surface area contributed by atoms with Gasteiger partial charge in [-0.3, -0.25) is 4.79 Å². The Labute approximate surface area is 160 Å². The van der Waals surface area contributed by atoms with Crippen LogP contribution in [-0.2, 0) is 4.79 Å². The van der Waals surface area contributed by atoms with Crippen molar-refractivity contribution in [2.45, 2.75) is 25.3 Å². The van der Waals surface area contributed by atoms with Crippen LogP contribution < -0.4 is 11.1 Å². The molecule has 0 saturated heterocycles. The molecule has 1 amide bonds. The Morgan fingerprint density at radius 2 is 1.84 bits per heavy atom. The first-order valence-corrected chi connectivity index (χ1v) is 8.87. The molecule has 1 unspecified atom stereocenters. The van der Waals surface area contributed by atoms with Crippen molar-refractivity contribution in [2.24, 2.45) is 17.6 Å². The van der Waals surface area contributed by atoms with Gasteiger partial charge in [0, 0.05) is 10.9 Å². The molecule has 3 rings (SSSR count). The lowest BCUT2D eigenvalue weighted by atomic mass is 9.93. The highest BCUT2D eigenvalue weighted by atomic mass is 35.5. The van der Waals surface area contributed by atoms with Gasteiger partial charge in [0.2, 0.25) is 5.91 Å². The minimum Gasteiger partial charge on any atom is -0.345 e. The van der Waals surface area contributed by atoms with E-state index in [-0.39, 0.29) is 30.3 Å². The summed E-state index contributed by atoms with van der Waals surface area (Å²) in [5.74, 6) is 0.401. The summed E-state index contributed by atoms with van der Waals surface area (Å²) in [6, 6.07) is 17.5. The van der Waals surface area contributed by atoms with Crippen LogP contribution in [0.15, 0.2) is 54.6 Å². The highest BCUT2D eigenvalue weighted by Gasteiger charge is 2.33. The Bertz CT molecular complexity index is 693. The maximum atomic E-state index is 12.9. The number of nitrogens with one attached hydrogen (secondary N) is 1. The van der Waals surface area contributed by atoms with Crippen molar-refractivity contribution >= 4 is 29.9 Å². The van der Waals surface area contributed by atoms with Crippen LogP contribution in [0.1, 0.15) is 36.4 Å². The molecule has 0 aromatic heterocycles. The zero-order chi connectivity index (χ0) is 16.9. The van der Waals surface area contributed by atoms with Gasteiger partial charge in [-0.1, -0.05) is 60.5 Å².